The third-order valence-electron chi connectivity index (χ3n) is 3.66. The lowest BCUT2D eigenvalue weighted by atomic mass is 10.00. The molecule has 2 aromatic rings. The number of aromatic nitrogens is 2. The molecule has 0 radical (unpaired) electrons. The van der Waals surface area contributed by atoms with E-state index >= 15 is 0 Å². The molecule has 1 heterocycles. The summed E-state index contributed by atoms with van der Waals surface area (Å²) in [5, 5.41) is 10.1. The number of hydrogen-bond acceptors (Lipinski definition) is 2. The third-order valence-corrected chi connectivity index (χ3v) is 3.66. The first-order valence-electron chi connectivity index (χ1n) is 6.76. The summed E-state index contributed by atoms with van der Waals surface area (Å²) in [6.45, 7) is 4.22. The van der Waals surface area contributed by atoms with Crippen LogP contribution in [0.2, 0.25) is 0 Å². The molecule has 0 fully saturated rings. The largest absolute Gasteiger partial charge is 0.393 e. The van der Waals surface area contributed by atoms with Crippen LogP contribution in [0, 0.1) is 13.8 Å². The molecule has 0 amide bonds. The van der Waals surface area contributed by atoms with Crippen molar-refractivity contribution < 1.29 is 5.11 Å². The fourth-order valence-electron chi connectivity index (χ4n) is 2.24. The average molecular weight is 258 g/mol. The summed E-state index contributed by atoms with van der Waals surface area (Å²) < 4.78 is 2.00. The third kappa shape index (κ3) is 3.67. The van der Waals surface area contributed by atoms with Crippen LogP contribution in [0.25, 0.3) is 0 Å². The van der Waals surface area contributed by atoms with Crippen molar-refractivity contribution in [1.82, 2.24) is 9.55 Å². The second-order valence-electron chi connectivity index (χ2n) is 5.27. The van der Waals surface area contributed by atoms with Crippen LogP contribution < -0.4 is 0 Å². The first-order valence-corrected chi connectivity index (χ1v) is 6.76. The van der Waals surface area contributed by atoms with Crippen LogP contribution in [0.4, 0.5) is 0 Å². The van der Waals surface area contributed by atoms with E-state index in [-0.39, 0.29) is 6.10 Å². The minimum absolute atomic E-state index is 0.307. The van der Waals surface area contributed by atoms with Crippen LogP contribution >= 0.6 is 0 Å². The normalized spacial score (nSPS) is 12.6. The van der Waals surface area contributed by atoms with Crippen LogP contribution in [-0.2, 0) is 19.9 Å². The summed E-state index contributed by atoms with van der Waals surface area (Å²) in [5.74, 6) is 1.03. The zero-order valence-electron chi connectivity index (χ0n) is 11.9. The number of nitrogens with zero attached hydrogens (tertiary/aromatic N) is 2. The molecular formula is C16H22N2O. The van der Waals surface area contributed by atoms with Gasteiger partial charge in [-0.05, 0) is 43.4 Å². The molecule has 1 aromatic carbocycles. The number of imidazole rings is 1. The van der Waals surface area contributed by atoms with Gasteiger partial charge in [0.25, 0.3) is 0 Å². The Labute approximate surface area is 114 Å². The fraction of sp³-hybridized carbons (Fsp3) is 0.438. The molecule has 102 valence electrons. The number of rotatable bonds is 5. The fourth-order valence-corrected chi connectivity index (χ4v) is 2.24. The smallest absolute Gasteiger partial charge is 0.108 e. The predicted molar refractivity (Wildman–Crippen MR) is 77.2 cm³/mol. The van der Waals surface area contributed by atoms with Crippen molar-refractivity contribution in [3.05, 3.63) is 53.1 Å². The summed E-state index contributed by atoms with van der Waals surface area (Å²) in [4.78, 5) is 4.27. The van der Waals surface area contributed by atoms with Gasteiger partial charge in [-0.2, -0.15) is 0 Å². The molecule has 0 saturated carbocycles. The zero-order valence-corrected chi connectivity index (χ0v) is 11.9. The van der Waals surface area contributed by atoms with Crippen LogP contribution in [0.1, 0.15) is 28.9 Å². The Bertz CT molecular complexity index is 545. The molecule has 0 aliphatic carbocycles. The van der Waals surface area contributed by atoms with E-state index in [9.17, 15) is 5.11 Å². The summed E-state index contributed by atoms with van der Waals surface area (Å²) in [7, 11) is 1.98. The SMILES string of the molecule is Cc1ccc(CC(O)CCc2nccn2C)cc1C. The van der Waals surface area contributed by atoms with Gasteiger partial charge in [-0.1, -0.05) is 18.2 Å². The summed E-state index contributed by atoms with van der Waals surface area (Å²) in [6.07, 6.45) is 5.70. The second kappa shape index (κ2) is 6.02. The molecule has 0 spiro atoms. The van der Waals surface area contributed by atoms with Crippen LogP contribution in [0.5, 0.6) is 0 Å². The molecule has 2 rings (SSSR count). The first-order chi connectivity index (χ1) is 9.06. The standard InChI is InChI=1S/C16H22N2O/c1-12-4-5-14(10-13(12)2)11-15(19)6-7-16-17-8-9-18(16)3/h4-5,8-10,15,19H,6-7,11H2,1-3H3. The van der Waals surface area contributed by atoms with Gasteiger partial charge in [0, 0.05) is 25.9 Å². The lowest BCUT2D eigenvalue weighted by Gasteiger charge is -2.12. The van der Waals surface area contributed by atoms with E-state index in [1.54, 1.807) is 6.20 Å². The summed E-state index contributed by atoms with van der Waals surface area (Å²) >= 11 is 0. The maximum absolute atomic E-state index is 10.1. The molecule has 0 saturated heterocycles. The Balaban J connectivity index is 1.88. The molecule has 1 N–H and O–H groups in total. The number of hydrogen-bond donors (Lipinski definition) is 1. The van der Waals surface area contributed by atoms with Crippen LogP contribution in [0.3, 0.4) is 0 Å². The Kier molecular flexibility index (Phi) is 4.38. The van der Waals surface area contributed by atoms with E-state index in [0.717, 1.165) is 18.7 Å². The molecule has 0 aliphatic rings. The van der Waals surface area contributed by atoms with Crippen molar-refractivity contribution >= 4 is 0 Å². The molecule has 19 heavy (non-hydrogen) atoms. The molecule has 0 bridgehead atoms. The van der Waals surface area contributed by atoms with Crippen molar-refractivity contribution in [3.8, 4) is 0 Å². The summed E-state index contributed by atoms with van der Waals surface area (Å²) in [6, 6.07) is 6.39. The number of aliphatic hydroxyl groups excluding tert-OH is 1. The monoisotopic (exact) mass is 258 g/mol. The average Bonchev–Trinajstić information content (AvgIpc) is 2.77. The Morgan fingerprint density at radius 1 is 1.26 bits per heavy atom. The van der Waals surface area contributed by atoms with Gasteiger partial charge in [0.2, 0.25) is 0 Å². The van der Waals surface area contributed by atoms with Gasteiger partial charge in [0.1, 0.15) is 5.82 Å². The van der Waals surface area contributed by atoms with Gasteiger partial charge in [-0.3, -0.25) is 0 Å². The van der Waals surface area contributed by atoms with E-state index in [0.29, 0.717) is 6.42 Å². The van der Waals surface area contributed by atoms with E-state index in [1.165, 1.54) is 16.7 Å². The molecule has 1 atom stereocenters. The maximum Gasteiger partial charge on any atom is 0.108 e. The molecular weight excluding hydrogens is 236 g/mol. The predicted octanol–water partition coefficient (Wildman–Crippen LogP) is 2.57. The van der Waals surface area contributed by atoms with Gasteiger partial charge < -0.3 is 9.67 Å². The molecule has 0 aliphatic heterocycles. The lowest BCUT2D eigenvalue weighted by Crippen LogP contribution is -2.13. The van der Waals surface area contributed by atoms with Crippen molar-refractivity contribution in [2.75, 3.05) is 0 Å². The van der Waals surface area contributed by atoms with Crippen LogP contribution in [0.15, 0.2) is 30.6 Å². The van der Waals surface area contributed by atoms with Crippen molar-refractivity contribution in [2.45, 2.75) is 39.2 Å². The van der Waals surface area contributed by atoms with Crippen molar-refractivity contribution in [1.29, 1.82) is 0 Å². The molecule has 3 nitrogen and oxygen atoms in total. The number of benzene rings is 1. The number of aliphatic hydroxyl groups is 1. The van der Waals surface area contributed by atoms with E-state index in [1.807, 2.05) is 17.8 Å². The first kappa shape index (κ1) is 13.8. The van der Waals surface area contributed by atoms with Crippen LogP contribution in [-0.4, -0.2) is 20.8 Å². The zero-order chi connectivity index (χ0) is 13.8. The van der Waals surface area contributed by atoms with E-state index < -0.39 is 0 Å². The van der Waals surface area contributed by atoms with Gasteiger partial charge >= 0.3 is 0 Å². The lowest BCUT2D eigenvalue weighted by molar-refractivity contribution is 0.164. The topological polar surface area (TPSA) is 38.1 Å². The molecule has 3 heteroatoms. The molecule has 1 unspecified atom stereocenters. The molecule has 1 aromatic heterocycles. The van der Waals surface area contributed by atoms with Gasteiger partial charge in [-0.15, -0.1) is 0 Å². The second-order valence-corrected chi connectivity index (χ2v) is 5.27. The van der Waals surface area contributed by atoms with Gasteiger partial charge in [0.15, 0.2) is 0 Å². The summed E-state index contributed by atoms with van der Waals surface area (Å²) in [5.41, 5.74) is 3.79. The van der Waals surface area contributed by atoms with E-state index in [2.05, 4.69) is 37.0 Å². The van der Waals surface area contributed by atoms with Gasteiger partial charge in [0.05, 0.1) is 6.10 Å². The highest BCUT2D eigenvalue weighted by Gasteiger charge is 2.08. The minimum atomic E-state index is -0.307. The van der Waals surface area contributed by atoms with Gasteiger partial charge in [-0.25, -0.2) is 4.98 Å². The highest BCUT2D eigenvalue weighted by molar-refractivity contribution is 5.30. The van der Waals surface area contributed by atoms with Crippen molar-refractivity contribution in [2.24, 2.45) is 7.05 Å². The Morgan fingerprint density at radius 2 is 2.05 bits per heavy atom. The minimum Gasteiger partial charge on any atom is -0.393 e. The maximum atomic E-state index is 10.1. The van der Waals surface area contributed by atoms with Crippen molar-refractivity contribution in [3.63, 3.8) is 0 Å². The van der Waals surface area contributed by atoms with E-state index in [4.69, 9.17) is 0 Å². The number of aryl methyl sites for hydroxylation is 4. The Hall–Kier alpha value is -1.61. The quantitative estimate of drug-likeness (QED) is 0.895. The highest BCUT2D eigenvalue weighted by Crippen LogP contribution is 2.13. The highest BCUT2D eigenvalue weighted by atomic mass is 16.3. The Morgan fingerprint density at radius 3 is 2.68 bits per heavy atom.